The lowest BCUT2D eigenvalue weighted by Gasteiger charge is -2.06. The zero-order valence-corrected chi connectivity index (χ0v) is 12.5. The Hall–Kier alpha value is -2.53. The van der Waals surface area contributed by atoms with E-state index in [9.17, 15) is 4.39 Å². The van der Waals surface area contributed by atoms with E-state index in [1.165, 1.54) is 12.1 Å². The summed E-state index contributed by atoms with van der Waals surface area (Å²) in [6.45, 7) is 4.39. The second-order valence-electron chi connectivity index (χ2n) is 5.19. The van der Waals surface area contributed by atoms with Crippen LogP contribution in [0.5, 0.6) is 0 Å². The van der Waals surface area contributed by atoms with Crippen LogP contribution in [0.4, 0.5) is 4.39 Å². The molecular weight excluding hydrogens is 279 g/mol. The van der Waals surface area contributed by atoms with Crippen LogP contribution < -0.4 is 5.73 Å². The Kier molecular flexibility index (Phi) is 3.73. The van der Waals surface area contributed by atoms with E-state index in [0.29, 0.717) is 6.54 Å². The number of nitrogens with zero attached hydrogens (tertiary/aromatic N) is 3. The maximum Gasteiger partial charge on any atom is 0.153 e. The lowest BCUT2D eigenvalue weighted by Crippen LogP contribution is -2.04. The molecule has 3 aromatic rings. The highest BCUT2D eigenvalue weighted by Gasteiger charge is 2.15. The van der Waals surface area contributed by atoms with Crippen molar-refractivity contribution in [3.05, 3.63) is 65.4 Å². The molecule has 2 heterocycles. The number of halogens is 1. The Labute approximate surface area is 128 Å². The van der Waals surface area contributed by atoms with Gasteiger partial charge in [-0.25, -0.2) is 14.1 Å². The highest BCUT2D eigenvalue weighted by Crippen LogP contribution is 2.28. The number of aryl methyl sites for hydroxylation is 1. The van der Waals surface area contributed by atoms with Gasteiger partial charge < -0.3 is 5.73 Å². The minimum absolute atomic E-state index is 0.245. The van der Waals surface area contributed by atoms with Gasteiger partial charge in [0.25, 0.3) is 0 Å². The third kappa shape index (κ3) is 2.51. The fourth-order valence-electron chi connectivity index (χ4n) is 2.56. The van der Waals surface area contributed by atoms with Crippen molar-refractivity contribution in [2.45, 2.75) is 20.4 Å². The van der Waals surface area contributed by atoms with Gasteiger partial charge in [0.2, 0.25) is 0 Å². The average molecular weight is 296 g/mol. The molecule has 0 atom stereocenters. The molecule has 0 unspecified atom stereocenters. The lowest BCUT2D eigenvalue weighted by atomic mass is 10.0. The summed E-state index contributed by atoms with van der Waals surface area (Å²) in [5.74, 6) is 0.497. The van der Waals surface area contributed by atoms with Crippen molar-refractivity contribution in [3.8, 4) is 16.9 Å². The number of nitrogens with two attached hydrogens (primary N) is 1. The van der Waals surface area contributed by atoms with E-state index >= 15 is 0 Å². The lowest BCUT2D eigenvalue weighted by molar-refractivity contribution is 0.628. The summed E-state index contributed by atoms with van der Waals surface area (Å²) in [6, 6.07) is 10.3. The Morgan fingerprint density at radius 3 is 2.41 bits per heavy atom. The molecule has 0 saturated heterocycles. The summed E-state index contributed by atoms with van der Waals surface area (Å²) in [7, 11) is 0. The van der Waals surface area contributed by atoms with Crippen LogP contribution in [-0.2, 0) is 6.54 Å². The van der Waals surface area contributed by atoms with E-state index < -0.39 is 0 Å². The molecule has 4 nitrogen and oxygen atoms in total. The van der Waals surface area contributed by atoms with Crippen LogP contribution in [0.25, 0.3) is 16.9 Å². The van der Waals surface area contributed by atoms with Gasteiger partial charge in [-0.05, 0) is 43.2 Å². The molecule has 2 aromatic heterocycles. The zero-order chi connectivity index (χ0) is 15.7. The Balaban J connectivity index is 2.07. The van der Waals surface area contributed by atoms with Crippen LogP contribution in [0, 0.1) is 19.7 Å². The summed E-state index contributed by atoms with van der Waals surface area (Å²) in [6.07, 6.45) is 1.75. The molecule has 2 N–H and O–H groups in total. The third-order valence-corrected chi connectivity index (χ3v) is 3.69. The molecule has 0 radical (unpaired) electrons. The Morgan fingerprint density at radius 1 is 1.09 bits per heavy atom. The van der Waals surface area contributed by atoms with E-state index in [1.807, 2.05) is 26.0 Å². The molecule has 0 saturated carbocycles. The predicted octanol–water partition coefficient (Wildman–Crippen LogP) is 3.15. The average Bonchev–Trinajstić information content (AvgIpc) is 2.83. The van der Waals surface area contributed by atoms with Crippen molar-refractivity contribution in [2.24, 2.45) is 5.73 Å². The number of pyridine rings is 1. The molecule has 3 rings (SSSR count). The largest absolute Gasteiger partial charge is 0.326 e. The van der Waals surface area contributed by atoms with Gasteiger partial charge in [-0.1, -0.05) is 18.2 Å². The van der Waals surface area contributed by atoms with Crippen molar-refractivity contribution < 1.29 is 4.39 Å². The monoisotopic (exact) mass is 296 g/mol. The molecule has 0 aliphatic heterocycles. The van der Waals surface area contributed by atoms with E-state index in [-0.39, 0.29) is 5.82 Å². The van der Waals surface area contributed by atoms with Gasteiger partial charge in [0.05, 0.1) is 11.4 Å². The van der Waals surface area contributed by atoms with E-state index in [4.69, 9.17) is 5.73 Å². The van der Waals surface area contributed by atoms with Crippen LogP contribution >= 0.6 is 0 Å². The number of hydrogen-bond acceptors (Lipinski definition) is 3. The van der Waals surface area contributed by atoms with Gasteiger partial charge in [0, 0.05) is 18.3 Å². The normalized spacial score (nSPS) is 10.9. The van der Waals surface area contributed by atoms with Crippen molar-refractivity contribution in [2.75, 3.05) is 0 Å². The number of rotatable bonds is 3. The van der Waals surface area contributed by atoms with Gasteiger partial charge in [-0.3, -0.25) is 0 Å². The first-order valence-corrected chi connectivity index (χ1v) is 7.07. The zero-order valence-electron chi connectivity index (χ0n) is 12.5. The Bertz CT molecular complexity index is 789. The fourth-order valence-corrected chi connectivity index (χ4v) is 2.56. The minimum Gasteiger partial charge on any atom is -0.326 e. The van der Waals surface area contributed by atoms with Crippen LogP contribution in [0.15, 0.2) is 42.6 Å². The molecule has 22 heavy (non-hydrogen) atoms. The molecule has 5 heteroatoms. The summed E-state index contributed by atoms with van der Waals surface area (Å²) in [4.78, 5) is 4.40. The molecule has 1 aromatic carbocycles. The first-order valence-electron chi connectivity index (χ1n) is 7.07. The van der Waals surface area contributed by atoms with Gasteiger partial charge >= 0.3 is 0 Å². The van der Waals surface area contributed by atoms with E-state index in [0.717, 1.165) is 33.9 Å². The third-order valence-electron chi connectivity index (χ3n) is 3.69. The molecule has 0 bridgehead atoms. The van der Waals surface area contributed by atoms with Crippen LogP contribution in [0.2, 0.25) is 0 Å². The second-order valence-corrected chi connectivity index (χ2v) is 5.19. The van der Waals surface area contributed by atoms with Crippen LogP contribution in [0.1, 0.15) is 17.0 Å². The van der Waals surface area contributed by atoms with Gasteiger partial charge in [-0.15, -0.1) is 0 Å². The predicted molar refractivity (Wildman–Crippen MR) is 84.1 cm³/mol. The Morgan fingerprint density at radius 2 is 1.82 bits per heavy atom. The molecule has 0 aliphatic carbocycles. The maximum atomic E-state index is 13.1. The van der Waals surface area contributed by atoms with Crippen molar-refractivity contribution in [1.82, 2.24) is 14.8 Å². The molecule has 0 spiro atoms. The van der Waals surface area contributed by atoms with Gasteiger partial charge in [-0.2, -0.15) is 5.10 Å². The topological polar surface area (TPSA) is 56.7 Å². The van der Waals surface area contributed by atoms with Crippen molar-refractivity contribution >= 4 is 0 Å². The van der Waals surface area contributed by atoms with E-state index in [1.54, 1.807) is 23.0 Å². The quantitative estimate of drug-likeness (QED) is 0.807. The minimum atomic E-state index is -0.245. The van der Waals surface area contributed by atoms with Crippen molar-refractivity contribution in [3.63, 3.8) is 0 Å². The van der Waals surface area contributed by atoms with E-state index in [2.05, 4.69) is 10.1 Å². The van der Waals surface area contributed by atoms with Crippen molar-refractivity contribution in [1.29, 1.82) is 0 Å². The summed E-state index contributed by atoms with van der Waals surface area (Å²) >= 11 is 0. The fraction of sp³-hybridized carbons (Fsp3) is 0.176. The summed E-state index contributed by atoms with van der Waals surface area (Å²) in [5.41, 5.74) is 10.4. The highest BCUT2D eigenvalue weighted by atomic mass is 19.1. The molecule has 112 valence electrons. The van der Waals surface area contributed by atoms with Gasteiger partial charge in [0.15, 0.2) is 5.82 Å². The highest BCUT2D eigenvalue weighted by molar-refractivity contribution is 5.69. The van der Waals surface area contributed by atoms with Gasteiger partial charge in [0.1, 0.15) is 5.82 Å². The number of hydrogen-bond donors (Lipinski definition) is 1. The summed E-state index contributed by atoms with van der Waals surface area (Å²) in [5, 5.41) is 4.56. The van der Waals surface area contributed by atoms with Crippen LogP contribution in [0.3, 0.4) is 0 Å². The SMILES string of the molecule is Cc1nn(-c2ccc(CN)cn2)c(C)c1-c1ccc(F)cc1. The molecular formula is C17H17FN4. The molecule has 0 fully saturated rings. The first kappa shape index (κ1) is 14.4. The van der Waals surface area contributed by atoms with Crippen LogP contribution in [-0.4, -0.2) is 14.8 Å². The smallest absolute Gasteiger partial charge is 0.153 e. The second kappa shape index (κ2) is 5.69. The number of benzene rings is 1. The maximum absolute atomic E-state index is 13.1. The molecule has 0 aliphatic rings. The standard InChI is InChI=1S/C17H17FN4/c1-11-17(14-4-6-15(18)7-5-14)12(2)22(21-11)16-8-3-13(9-19)10-20-16/h3-8,10H,9,19H2,1-2H3. The summed E-state index contributed by atoms with van der Waals surface area (Å²) < 4.78 is 14.9. The first-order chi connectivity index (χ1) is 10.6. The number of aromatic nitrogens is 3. The molecule has 0 amide bonds.